The lowest BCUT2D eigenvalue weighted by Crippen LogP contribution is -2.52. The second-order valence-corrected chi connectivity index (χ2v) is 13.3. The molecule has 0 aliphatic heterocycles. The van der Waals surface area contributed by atoms with Crippen LogP contribution in [0.2, 0.25) is 0 Å². The SMILES string of the molecule is C=C(C)C(=O)OCC[N+](CCCCCCCC)(CCCCCCCCCCCC)CCCCCCCCCCCC. The van der Waals surface area contributed by atoms with Gasteiger partial charge in [-0.05, 0) is 45.4 Å². The zero-order valence-corrected chi connectivity index (χ0v) is 28.9. The summed E-state index contributed by atoms with van der Waals surface area (Å²) in [7, 11) is 0. The molecule has 0 rings (SSSR count). The molecule has 0 N–H and O–H groups in total. The average Bonchev–Trinajstić information content (AvgIpc) is 2.96. The minimum atomic E-state index is -0.222. The predicted octanol–water partition coefficient (Wildman–Crippen LogP) is 12.1. The van der Waals surface area contributed by atoms with E-state index in [1.165, 1.54) is 187 Å². The lowest BCUT2D eigenvalue weighted by molar-refractivity contribution is -0.929. The van der Waals surface area contributed by atoms with Crippen molar-refractivity contribution in [2.75, 3.05) is 32.8 Å². The quantitative estimate of drug-likeness (QED) is 0.0335. The summed E-state index contributed by atoms with van der Waals surface area (Å²) in [4.78, 5) is 12.1. The molecule has 0 bridgehead atoms. The molecule has 0 radical (unpaired) electrons. The van der Waals surface area contributed by atoms with Crippen LogP contribution >= 0.6 is 0 Å². The Balaban J connectivity index is 4.82. The van der Waals surface area contributed by atoms with Crippen LogP contribution in [0.25, 0.3) is 0 Å². The molecule has 0 aromatic carbocycles. The van der Waals surface area contributed by atoms with Gasteiger partial charge in [0.2, 0.25) is 0 Å². The monoisotopic (exact) mass is 579 g/mol. The largest absolute Gasteiger partial charge is 0.456 e. The molecule has 0 unspecified atom stereocenters. The van der Waals surface area contributed by atoms with E-state index in [-0.39, 0.29) is 5.97 Å². The van der Waals surface area contributed by atoms with E-state index in [2.05, 4.69) is 27.4 Å². The van der Waals surface area contributed by atoms with Gasteiger partial charge in [0.05, 0.1) is 19.6 Å². The van der Waals surface area contributed by atoms with E-state index in [0.29, 0.717) is 12.2 Å². The smallest absolute Gasteiger partial charge is 0.333 e. The number of unbranched alkanes of at least 4 members (excludes halogenated alkanes) is 23. The Morgan fingerprint density at radius 2 is 0.732 bits per heavy atom. The summed E-state index contributed by atoms with van der Waals surface area (Å²) in [5.41, 5.74) is 0.517. The van der Waals surface area contributed by atoms with E-state index < -0.39 is 0 Å². The maximum absolute atomic E-state index is 12.1. The van der Waals surface area contributed by atoms with Gasteiger partial charge >= 0.3 is 5.97 Å². The van der Waals surface area contributed by atoms with Gasteiger partial charge in [-0.25, -0.2) is 4.79 Å². The van der Waals surface area contributed by atoms with E-state index in [9.17, 15) is 4.79 Å². The van der Waals surface area contributed by atoms with E-state index in [1.54, 1.807) is 6.92 Å². The second kappa shape index (κ2) is 30.6. The van der Waals surface area contributed by atoms with Crippen LogP contribution in [-0.4, -0.2) is 43.2 Å². The summed E-state index contributed by atoms with van der Waals surface area (Å²) >= 11 is 0. The predicted molar refractivity (Wildman–Crippen MR) is 183 cm³/mol. The molecule has 0 fully saturated rings. The van der Waals surface area contributed by atoms with Crippen molar-refractivity contribution in [2.45, 2.75) is 195 Å². The topological polar surface area (TPSA) is 26.3 Å². The molecule has 0 aromatic heterocycles. The van der Waals surface area contributed by atoms with Gasteiger partial charge in [0.25, 0.3) is 0 Å². The molecular formula is C38H76NO2+. The maximum atomic E-state index is 12.1. The fourth-order valence-electron chi connectivity index (χ4n) is 6.22. The first-order valence-electron chi connectivity index (χ1n) is 18.7. The van der Waals surface area contributed by atoms with Gasteiger partial charge in [-0.1, -0.05) is 156 Å². The molecule has 0 atom stereocenters. The number of esters is 1. The number of hydrogen-bond acceptors (Lipinski definition) is 2. The number of rotatable bonds is 33. The summed E-state index contributed by atoms with van der Waals surface area (Å²) in [6.45, 7) is 17.7. The molecule has 0 aromatic rings. The van der Waals surface area contributed by atoms with Crippen molar-refractivity contribution < 1.29 is 14.0 Å². The van der Waals surface area contributed by atoms with Crippen molar-refractivity contribution in [3.63, 3.8) is 0 Å². The first-order valence-corrected chi connectivity index (χ1v) is 18.7. The third kappa shape index (κ3) is 26.5. The van der Waals surface area contributed by atoms with Gasteiger partial charge in [0.15, 0.2) is 0 Å². The minimum Gasteiger partial charge on any atom is -0.456 e. The number of quaternary nitrogens is 1. The standard InChI is InChI=1S/C38H76NO2/c1-6-9-12-15-18-20-22-24-27-30-33-39(32-29-26-17-14-11-8-3,35-36-41-38(40)37(4)5)34-31-28-25-23-21-19-16-13-10-7-2/h4,6-36H2,1-3,5H3/q+1. The average molecular weight is 579 g/mol. The Kier molecular flexibility index (Phi) is 30.0. The van der Waals surface area contributed by atoms with Crippen molar-refractivity contribution in [1.29, 1.82) is 0 Å². The Bertz CT molecular complexity index is 549. The molecule has 244 valence electrons. The van der Waals surface area contributed by atoms with Gasteiger partial charge in [0.1, 0.15) is 13.2 Å². The number of carbonyl (C=O) groups excluding carboxylic acids is 1. The lowest BCUT2D eigenvalue weighted by atomic mass is 10.0. The van der Waals surface area contributed by atoms with Crippen molar-refractivity contribution in [1.82, 2.24) is 0 Å². The highest BCUT2D eigenvalue weighted by molar-refractivity contribution is 5.86. The molecule has 0 aliphatic rings. The third-order valence-corrected chi connectivity index (χ3v) is 9.11. The molecule has 0 amide bonds. The maximum Gasteiger partial charge on any atom is 0.333 e. The van der Waals surface area contributed by atoms with Crippen LogP contribution in [0.15, 0.2) is 12.2 Å². The number of nitrogens with zero attached hydrogens (tertiary/aromatic N) is 1. The Hall–Kier alpha value is -0.830. The Morgan fingerprint density at radius 1 is 0.463 bits per heavy atom. The molecular weight excluding hydrogens is 502 g/mol. The van der Waals surface area contributed by atoms with Crippen LogP contribution in [0, 0.1) is 0 Å². The number of carbonyl (C=O) groups is 1. The number of ether oxygens (including phenoxy) is 1. The molecule has 0 spiro atoms. The molecule has 0 saturated carbocycles. The molecule has 0 aliphatic carbocycles. The van der Waals surface area contributed by atoms with Gasteiger partial charge < -0.3 is 9.22 Å². The van der Waals surface area contributed by atoms with E-state index in [1.807, 2.05) is 0 Å². The normalized spacial score (nSPS) is 11.7. The first-order chi connectivity index (χ1) is 20.0. The fraction of sp³-hybridized carbons (Fsp3) is 0.921. The summed E-state index contributed by atoms with van der Waals surface area (Å²) in [6.07, 6.45) is 35.8. The van der Waals surface area contributed by atoms with E-state index >= 15 is 0 Å². The molecule has 0 saturated heterocycles. The highest BCUT2D eigenvalue weighted by atomic mass is 16.5. The van der Waals surface area contributed by atoms with Crippen molar-refractivity contribution in [2.24, 2.45) is 0 Å². The van der Waals surface area contributed by atoms with Gasteiger partial charge in [-0.15, -0.1) is 0 Å². The summed E-state index contributed by atoms with van der Waals surface area (Å²) in [5, 5.41) is 0. The van der Waals surface area contributed by atoms with Crippen molar-refractivity contribution in [3.8, 4) is 0 Å². The van der Waals surface area contributed by atoms with Crippen molar-refractivity contribution >= 4 is 5.97 Å². The zero-order chi connectivity index (χ0) is 30.3. The zero-order valence-electron chi connectivity index (χ0n) is 28.9. The fourth-order valence-corrected chi connectivity index (χ4v) is 6.22. The molecule has 41 heavy (non-hydrogen) atoms. The van der Waals surface area contributed by atoms with Gasteiger partial charge in [0, 0.05) is 5.57 Å². The molecule has 3 heteroatoms. The molecule has 3 nitrogen and oxygen atoms in total. The van der Waals surface area contributed by atoms with Crippen LogP contribution in [-0.2, 0) is 9.53 Å². The van der Waals surface area contributed by atoms with Crippen LogP contribution in [0.1, 0.15) is 195 Å². The highest BCUT2D eigenvalue weighted by Gasteiger charge is 2.26. The van der Waals surface area contributed by atoms with Gasteiger partial charge in [-0.2, -0.15) is 0 Å². The van der Waals surface area contributed by atoms with Crippen LogP contribution in [0.4, 0.5) is 0 Å². The first kappa shape index (κ1) is 40.2. The summed E-state index contributed by atoms with van der Waals surface area (Å²) < 4.78 is 6.82. The van der Waals surface area contributed by atoms with Crippen LogP contribution < -0.4 is 0 Å². The van der Waals surface area contributed by atoms with Crippen LogP contribution in [0.5, 0.6) is 0 Å². The Morgan fingerprint density at radius 3 is 1.00 bits per heavy atom. The Labute approximate surface area is 259 Å². The molecule has 0 heterocycles. The highest BCUT2D eigenvalue weighted by Crippen LogP contribution is 2.19. The second-order valence-electron chi connectivity index (χ2n) is 13.3. The summed E-state index contributed by atoms with van der Waals surface area (Å²) in [6, 6.07) is 0. The van der Waals surface area contributed by atoms with Gasteiger partial charge in [-0.3, -0.25) is 0 Å². The number of hydrogen-bond donors (Lipinski definition) is 0. The van der Waals surface area contributed by atoms with Crippen molar-refractivity contribution in [3.05, 3.63) is 12.2 Å². The lowest BCUT2D eigenvalue weighted by Gasteiger charge is -2.39. The van der Waals surface area contributed by atoms with Crippen LogP contribution in [0.3, 0.4) is 0 Å². The summed E-state index contributed by atoms with van der Waals surface area (Å²) in [5.74, 6) is -0.222. The van der Waals surface area contributed by atoms with E-state index in [4.69, 9.17) is 4.74 Å². The minimum absolute atomic E-state index is 0.222. The van der Waals surface area contributed by atoms with E-state index in [0.717, 1.165) is 11.0 Å². The third-order valence-electron chi connectivity index (χ3n) is 9.11.